The monoisotopic (exact) mass is 835 g/mol. The molecular formula is C42H45F4N7O5S. The molecule has 3 saturated heterocycles. The highest BCUT2D eigenvalue weighted by Gasteiger charge is 2.51. The first-order valence-electron chi connectivity index (χ1n) is 19.4. The van der Waals surface area contributed by atoms with Gasteiger partial charge in [-0.25, -0.2) is 9.37 Å². The fourth-order valence-electron chi connectivity index (χ4n) is 7.86. The number of halogens is 4. The van der Waals surface area contributed by atoms with Gasteiger partial charge in [-0.15, -0.1) is 0 Å². The van der Waals surface area contributed by atoms with Crippen molar-refractivity contribution < 1.29 is 41.5 Å². The topological polar surface area (TPSA) is 139 Å². The molecule has 59 heavy (non-hydrogen) atoms. The second-order valence-electron chi connectivity index (χ2n) is 15.6. The summed E-state index contributed by atoms with van der Waals surface area (Å²) in [5.41, 5.74) is -1.11. The lowest BCUT2D eigenvalue weighted by Crippen LogP contribution is -2.53. The summed E-state index contributed by atoms with van der Waals surface area (Å²) in [6.45, 7) is 10.4. The summed E-state index contributed by atoms with van der Waals surface area (Å²) in [5.74, 6) is -1.50. The van der Waals surface area contributed by atoms with Crippen molar-refractivity contribution in [3.8, 4) is 11.8 Å². The number of Topliss-reactive ketones (excluding diaryl/α,β-unsaturated/α-hetero) is 1. The zero-order valence-electron chi connectivity index (χ0n) is 33.2. The van der Waals surface area contributed by atoms with Crippen LogP contribution in [0.15, 0.2) is 48.7 Å². The first-order valence-corrected chi connectivity index (χ1v) is 19.8. The van der Waals surface area contributed by atoms with E-state index in [0.717, 1.165) is 22.2 Å². The van der Waals surface area contributed by atoms with Gasteiger partial charge in [0, 0.05) is 56.7 Å². The number of imide groups is 1. The lowest BCUT2D eigenvalue weighted by atomic mass is 9.90. The number of hydrogen-bond donors (Lipinski definition) is 1. The minimum absolute atomic E-state index is 0.0336. The number of piperazine rings is 1. The molecule has 1 unspecified atom stereocenters. The number of pyridine rings is 1. The van der Waals surface area contributed by atoms with Crippen molar-refractivity contribution in [2.45, 2.75) is 77.6 Å². The van der Waals surface area contributed by atoms with Gasteiger partial charge in [-0.2, -0.15) is 18.4 Å². The van der Waals surface area contributed by atoms with Gasteiger partial charge in [0.15, 0.2) is 16.6 Å². The van der Waals surface area contributed by atoms with Crippen LogP contribution in [0.5, 0.6) is 5.75 Å². The highest BCUT2D eigenvalue weighted by Crippen LogP contribution is 2.40. The molecule has 1 N–H and O–H groups in total. The Morgan fingerprint density at radius 2 is 1.85 bits per heavy atom. The smallest absolute Gasteiger partial charge is 0.419 e. The van der Waals surface area contributed by atoms with E-state index < -0.39 is 34.7 Å². The molecule has 12 nitrogen and oxygen atoms in total. The van der Waals surface area contributed by atoms with Crippen LogP contribution in [0.1, 0.15) is 68.5 Å². The molecule has 4 heterocycles. The zero-order valence-corrected chi connectivity index (χ0v) is 34.0. The molecule has 312 valence electrons. The van der Waals surface area contributed by atoms with Gasteiger partial charge in [0.05, 0.1) is 24.0 Å². The van der Waals surface area contributed by atoms with Crippen LogP contribution in [0.25, 0.3) is 0 Å². The van der Waals surface area contributed by atoms with Gasteiger partial charge < -0.3 is 9.64 Å². The molecule has 3 aliphatic heterocycles. The normalized spacial score (nSPS) is 20.2. The summed E-state index contributed by atoms with van der Waals surface area (Å²) in [5, 5.41) is 11.5. The van der Waals surface area contributed by atoms with E-state index >= 15 is 0 Å². The molecule has 0 radical (unpaired) electrons. The fraction of sp³-hybridized carbons (Fsp3) is 0.452. The molecule has 3 fully saturated rings. The molecule has 3 amide bonds. The van der Waals surface area contributed by atoms with Crippen LogP contribution < -0.4 is 19.9 Å². The summed E-state index contributed by atoms with van der Waals surface area (Å²) >= 11 is 5.68. The number of ketones is 1. The third-order valence-corrected chi connectivity index (χ3v) is 11.5. The lowest BCUT2D eigenvalue weighted by molar-refractivity contribution is -0.138. The number of thiocarbonyl (C=S) groups is 1. The zero-order chi connectivity index (χ0) is 42.8. The largest absolute Gasteiger partial charge is 0.492 e. The van der Waals surface area contributed by atoms with Crippen LogP contribution in [0.4, 0.5) is 28.9 Å². The predicted molar refractivity (Wildman–Crippen MR) is 214 cm³/mol. The maximum atomic E-state index is 14.7. The highest BCUT2D eigenvalue weighted by atomic mass is 32.1. The third-order valence-electron chi connectivity index (χ3n) is 11.1. The van der Waals surface area contributed by atoms with E-state index in [1.165, 1.54) is 12.1 Å². The van der Waals surface area contributed by atoms with E-state index in [2.05, 4.69) is 20.1 Å². The van der Waals surface area contributed by atoms with Gasteiger partial charge in [-0.1, -0.05) is 19.1 Å². The minimum Gasteiger partial charge on any atom is -0.492 e. The molecule has 1 aromatic heterocycles. The number of ether oxygens (including phenoxy) is 1. The number of benzene rings is 2. The van der Waals surface area contributed by atoms with E-state index in [1.54, 1.807) is 43.0 Å². The maximum absolute atomic E-state index is 14.7. The molecule has 0 aliphatic carbocycles. The Morgan fingerprint density at radius 1 is 1.08 bits per heavy atom. The van der Waals surface area contributed by atoms with Crippen LogP contribution >= 0.6 is 12.2 Å². The number of nitrogens with one attached hydrogen (secondary N) is 1. The van der Waals surface area contributed by atoms with Crippen molar-refractivity contribution in [3.63, 3.8) is 0 Å². The Balaban J connectivity index is 1.02. The van der Waals surface area contributed by atoms with Gasteiger partial charge in [0.25, 0.3) is 5.91 Å². The van der Waals surface area contributed by atoms with E-state index in [9.17, 15) is 42.0 Å². The standard InChI is InChI=1S/C42H45F4N7O5S/c1-5-27-18-30(53-40(59)52(39(57)41(53,3)4)31-20-33(42(44,45)46)35(21-47)48-22-31)8-10-36(27)58-15-14-50-12-13-51(25(2)23-50)24-32(54)19-29-17-26(6-9-34(29)43)16-28-7-11-37(55)49-38(28)56/h6,8-10,17-18,20,22,25,28H,5,7,11-16,19,23-24H2,1-4H3,(H,49,55,56)/t25-,28?/m1/s1. The first-order chi connectivity index (χ1) is 27.9. The highest BCUT2D eigenvalue weighted by molar-refractivity contribution is 7.81. The average Bonchev–Trinajstić information content (AvgIpc) is 3.36. The van der Waals surface area contributed by atoms with Crippen LogP contribution in [-0.2, 0) is 44.6 Å². The van der Waals surface area contributed by atoms with Crippen molar-refractivity contribution in [2.24, 2.45) is 5.92 Å². The quantitative estimate of drug-likeness (QED) is 0.135. The number of aromatic nitrogens is 1. The Labute approximate surface area is 345 Å². The summed E-state index contributed by atoms with van der Waals surface area (Å²) in [6, 6.07) is 12.2. The van der Waals surface area contributed by atoms with Crippen molar-refractivity contribution in [1.29, 1.82) is 5.26 Å². The van der Waals surface area contributed by atoms with Gasteiger partial charge in [-0.3, -0.25) is 39.2 Å². The van der Waals surface area contributed by atoms with Gasteiger partial charge in [0.1, 0.15) is 29.8 Å². The molecular weight excluding hydrogens is 791 g/mol. The van der Waals surface area contributed by atoms with Crippen molar-refractivity contribution >= 4 is 52.2 Å². The fourth-order valence-corrected chi connectivity index (χ4v) is 8.38. The van der Waals surface area contributed by atoms with E-state index in [0.29, 0.717) is 69.6 Å². The van der Waals surface area contributed by atoms with Crippen molar-refractivity contribution in [3.05, 3.63) is 82.4 Å². The van der Waals surface area contributed by atoms with Crippen LogP contribution in [-0.4, -0.2) is 94.3 Å². The molecule has 6 rings (SSSR count). The Morgan fingerprint density at radius 3 is 2.53 bits per heavy atom. The molecule has 2 aromatic carbocycles. The molecule has 3 aromatic rings. The number of aryl methyl sites for hydroxylation is 1. The molecule has 0 saturated carbocycles. The molecule has 0 spiro atoms. The van der Waals surface area contributed by atoms with Crippen LogP contribution in [0, 0.1) is 23.1 Å². The Bertz CT molecular complexity index is 2210. The first kappa shape index (κ1) is 43.3. The number of hydrogen-bond acceptors (Lipinski definition) is 10. The lowest BCUT2D eigenvalue weighted by Gasteiger charge is -2.39. The summed E-state index contributed by atoms with van der Waals surface area (Å²) in [4.78, 5) is 61.1. The van der Waals surface area contributed by atoms with E-state index in [4.69, 9.17) is 17.0 Å². The van der Waals surface area contributed by atoms with Gasteiger partial charge in [-0.05, 0) is 99.3 Å². The summed E-state index contributed by atoms with van der Waals surface area (Å²) in [7, 11) is 0. The SMILES string of the molecule is CCc1cc(N2C(=S)N(c3cnc(C#N)c(C(F)(F)F)c3)C(=O)C2(C)C)ccc1OCCN1CCN(CC(=O)Cc2cc(CC3CCC(=O)NC3=O)ccc2F)[C@H](C)C1. The number of piperidine rings is 1. The van der Waals surface area contributed by atoms with Crippen LogP contribution in [0.2, 0.25) is 0 Å². The number of carbonyl (C=O) groups excluding carboxylic acids is 4. The number of carbonyl (C=O) groups is 4. The third kappa shape index (κ3) is 9.45. The maximum Gasteiger partial charge on any atom is 0.419 e. The molecule has 2 atom stereocenters. The van der Waals surface area contributed by atoms with E-state index in [-0.39, 0.29) is 65.3 Å². The molecule has 0 bridgehead atoms. The number of rotatable bonds is 13. The summed E-state index contributed by atoms with van der Waals surface area (Å²) in [6.07, 6.45) is -2.27. The van der Waals surface area contributed by atoms with Crippen LogP contribution in [0.3, 0.4) is 0 Å². The number of nitriles is 1. The van der Waals surface area contributed by atoms with E-state index in [1.807, 2.05) is 19.9 Å². The Kier molecular flexibility index (Phi) is 12.8. The minimum atomic E-state index is -4.87. The predicted octanol–water partition coefficient (Wildman–Crippen LogP) is 5.38. The van der Waals surface area contributed by atoms with Gasteiger partial charge >= 0.3 is 6.18 Å². The second-order valence-corrected chi connectivity index (χ2v) is 16.0. The van der Waals surface area contributed by atoms with Gasteiger partial charge in [0.2, 0.25) is 11.8 Å². The van der Waals surface area contributed by atoms with Crippen molar-refractivity contribution in [2.75, 3.05) is 49.1 Å². The number of nitrogens with zero attached hydrogens (tertiary/aromatic N) is 6. The average molecular weight is 836 g/mol. The molecule has 3 aliphatic rings. The Hall–Kier alpha value is -5.31. The van der Waals surface area contributed by atoms with Crippen molar-refractivity contribution in [1.82, 2.24) is 20.1 Å². The number of amides is 3. The second kappa shape index (κ2) is 17.5. The molecule has 17 heteroatoms. The summed E-state index contributed by atoms with van der Waals surface area (Å²) < 4.78 is 62.2. The number of alkyl halides is 3. The number of anilines is 2.